The van der Waals surface area contributed by atoms with Gasteiger partial charge < -0.3 is 19.2 Å². The number of aromatic nitrogens is 4. The SMILES string of the molecule is COc1nc(NS(=O)(=O)c2c[nH]c(-c3ncc(C)s3)c2)nc(OC)c1OCC(F)F. The molecule has 2 N–H and O–H groups in total. The average Bonchev–Trinajstić information content (AvgIpc) is 3.35. The van der Waals surface area contributed by atoms with Gasteiger partial charge in [-0.2, -0.15) is 9.97 Å². The molecular formula is C16H17F2N5O5S2. The maximum Gasteiger partial charge on any atom is 0.272 e. The summed E-state index contributed by atoms with van der Waals surface area (Å²) in [5.74, 6) is -1.20. The summed E-state index contributed by atoms with van der Waals surface area (Å²) in [4.78, 5) is 15.7. The van der Waals surface area contributed by atoms with Crippen LogP contribution in [0.1, 0.15) is 4.88 Å². The van der Waals surface area contributed by atoms with E-state index in [0.717, 1.165) is 4.88 Å². The van der Waals surface area contributed by atoms with Crippen molar-refractivity contribution in [3.63, 3.8) is 0 Å². The summed E-state index contributed by atoms with van der Waals surface area (Å²) in [6.07, 6.45) is 0.224. The van der Waals surface area contributed by atoms with E-state index in [0.29, 0.717) is 10.7 Å². The van der Waals surface area contributed by atoms with Crippen LogP contribution in [0.3, 0.4) is 0 Å². The fraction of sp³-hybridized carbons (Fsp3) is 0.312. The molecule has 0 radical (unpaired) electrons. The quantitative estimate of drug-likeness (QED) is 0.498. The summed E-state index contributed by atoms with van der Waals surface area (Å²) < 4.78 is 67.5. The molecule has 0 aliphatic rings. The number of halogens is 2. The zero-order valence-corrected chi connectivity index (χ0v) is 17.6. The molecule has 0 bridgehead atoms. The van der Waals surface area contributed by atoms with Crippen molar-refractivity contribution in [3.05, 3.63) is 23.3 Å². The maximum absolute atomic E-state index is 12.7. The first-order chi connectivity index (χ1) is 14.2. The zero-order chi connectivity index (χ0) is 21.9. The van der Waals surface area contributed by atoms with Crippen LogP contribution in [0, 0.1) is 6.92 Å². The summed E-state index contributed by atoms with van der Waals surface area (Å²) in [5, 5.41) is 0.633. The van der Waals surface area contributed by atoms with Crippen molar-refractivity contribution in [1.82, 2.24) is 19.9 Å². The predicted octanol–water partition coefficient (Wildman–Crippen LogP) is 2.70. The van der Waals surface area contributed by atoms with E-state index in [1.807, 2.05) is 6.92 Å². The Labute approximate surface area is 174 Å². The molecular weight excluding hydrogens is 444 g/mol. The molecule has 3 aromatic heterocycles. The second-order valence-electron chi connectivity index (χ2n) is 5.73. The van der Waals surface area contributed by atoms with Crippen LogP contribution < -0.4 is 18.9 Å². The standard InChI is InChI=1S/C16H17F2N5O5S2/c1-8-5-20-15(29-8)10-4-9(6-19-10)30(24,25)23-16-21-13(26-2)12(14(22-16)27-3)28-7-11(17)18/h4-6,11,19H,7H2,1-3H3,(H,21,22,23). The highest BCUT2D eigenvalue weighted by atomic mass is 32.2. The molecule has 0 atom stereocenters. The van der Waals surface area contributed by atoms with Gasteiger partial charge in [-0.15, -0.1) is 11.3 Å². The number of sulfonamides is 1. The first kappa shape index (κ1) is 21.7. The number of ether oxygens (including phenoxy) is 3. The molecule has 3 heterocycles. The molecule has 0 saturated carbocycles. The largest absolute Gasteiger partial charge is 0.478 e. The number of rotatable bonds is 9. The van der Waals surface area contributed by atoms with Crippen LogP contribution >= 0.6 is 11.3 Å². The van der Waals surface area contributed by atoms with E-state index in [2.05, 4.69) is 24.7 Å². The van der Waals surface area contributed by atoms with E-state index in [1.165, 1.54) is 37.8 Å². The van der Waals surface area contributed by atoms with E-state index < -0.39 is 23.1 Å². The number of H-pyrrole nitrogens is 1. The Morgan fingerprint density at radius 3 is 2.43 bits per heavy atom. The van der Waals surface area contributed by atoms with Crippen LogP contribution in [0.25, 0.3) is 10.7 Å². The van der Waals surface area contributed by atoms with Crippen molar-refractivity contribution in [2.75, 3.05) is 25.5 Å². The number of nitrogens with zero attached hydrogens (tertiary/aromatic N) is 3. The highest BCUT2D eigenvalue weighted by Crippen LogP contribution is 2.36. The zero-order valence-electron chi connectivity index (χ0n) is 16.0. The Hall–Kier alpha value is -3.00. The van der Waals surface area contributed by atoms with Crippen LogP contribution in [0.2, 0.25) is 0 Å². The van der Waals surface area contributed by atoms with Crippen LogP contribution in [-0.2, 0) is 10.0 Å². The number of methoxy groups -OCH3 is 2. The number of hydrogen-bond donors (Lipinski definition) is 2. The number of alkyl halides is 2. The van der Waals surface area contributed by atoms with E-state index >= 15 is 0 Å². The van der Waals surface area contributed by atoms with Crippen molar-refractivity contribution in [3.8, 4) is 28.2 Å². The molecule has 10 nitrogen and oxygen atoms in total. The average molecular weight is 461 g/mol. The molecule has 0 aromatic carbocycles. The molecule has 14 heteroatoms. The highest BCUT2D eigenvalue weighted by Gasteiger charge is 2.24. The number of aromatic amines is 1. The van der Waals surface area contributed by atoms with Crippen molar-refractivity contribution < 1.29 is 31.4 Å². The first-order valence-corrected chi connectivity index (χ1v) is 10.6. The minimum atomic E-state index is -4.08. The van der Waals surface area contributed by atoms with E-state index in [1.54, 1.807) is 6.20 Å². The predicted molar refractivity (Wildman–Crippen MR) is 104 cm³/mol. The number of anilines is 1. The van der Waals surface area contributed by atoms with E-state index in [-0.39, 0.29) is 28.4 Å². The van der Waals surface area contributed by atoms with Crippen LogP contribution in [0.5, 0.6) is 17.5 Å². The van der Waals surface area contributed by atoms with Gasteiger partial charge in [0, 0.05) is 17.3 Å². The molecule has 0 spiro atoms. The maximum atomic E-state index is 12.7. The lowest BCUT2D eigenvalue weighted by Gasteiger charge is -2.14. The number of hydrogen-bond acceptors (Lipinski definition) is 9. The molecule has 0 amide bonds. The normalized spacial score (nSPS) is 11.5. The van der Waals surface area contributed by atoms with Crippen LogP contribution in [0.15, 0.2) is 23.4 Å². The molecule has 3 rings (SSSR count). The Morgan fingerprint density at radius 1 is 1.23 bits per heavy atom. The van der Waals surface area contributed by atoms with Gasteiger partial charge in [0.25, 0.3) is 28.2 Å². The number of aryl methyl sites for hydroxylation is 1. The van der Waals surface area contributed by atoms with Gasteiger partial charge in [0.2, 0.25) is 11.7 Å². The van der Waals surface area contributed by atoms with Crippen molar-refractivity contribution in [1.29, 1.82) is 0 Å². The van der Waals surface area contributed by atoms with Gasteiger partial charge in [0.15, 0.2) is 0 Å². The van der Waals surface area contributed by atoms with Gasteiger partial charge in [-0.25, -0.2) is 26.9 Å². The molecule has 0 aliphatic carbocycles. The van der Waals surface area contributed by atoms with Crippen molar-refractivity contribution in [2.45, 2.75) is 18.2 Å². The molecule has 30 heavy (non-hydrogen) atoms. The monoisotopic (exact) mass is 461 g/mol. The number of nitrogens with one attached hydrogen (secondary N) is 2. The fourth-order valence-corrected chi connectivity index (χ4v) is 3.99. The summed E-state index contributed by atoms with van der Waals surface area (Å²) in [5.41, 5.74) is 0.528. The highest BCUT2D eigenvalue weighted by molar-refractivity contribution is 7.92. The third-order valence-corrected chi connectivity index (χ3v) is 5.84. The molecule has 162 valence electrons. The van der Waals surface area contributed by atoms with Crippen molar-refractivity contribution in [2.24, 2.45) is 0 Å². The number of thiazole rings is 1. The summed E-state index contributed by atoms with van der Waals surface area (Å²) >= 11 is 1.40. The fourth-order valence-electron chi connectivity index (χ4n) is 2.31. The summed E-state index contributed by atoms with van der Waals surface area (Å²) in [6, 6.07) is 1.41. The minimum Gasteiger partial charge on any atom is -0.478 e. The smallest absolute Gasteiger partial charge is 0.272 e. The Bertz CT molecular complexity index is 1110. The third-order valence-electron chi connectivity index (χ3n) is 3.59. The van der Waals surface area contributed by atoms with Gasteiger partial charge in [-0.05, 0) is 13.0 Å². The molecule has 0 fully saturated rings. The van der Waals surface area contributed by atoms with Gasteiger partial charge >= 0.3 is 0 Å². The lowest BCUT2D eigenvalue weighted by atomic mass is 10.4. The Kier molecular flexibility index (Phi) is 6.36. The second-order valence-corrected chi connectivity index (χ2v) is 8.64. The molecule has 3 aromatic rings. The third kappa shape index (κ3) is 4.76. The van der Waals surface area contributed by atoms with Gasteiger partial charge in [0.1, 0.15) is 16.5 Å². The Balaban J connectivity index is 1.88. The first-order valence-electron chi connectivity index (χ1n) is 8.28. The van der Waals surface area contributed by atoms with E-state index in [9.17, 15) is 17.2 Å². The molecule has 0 unspecified atom stereocenters. The lowest BCUT2D eigenvalue weighted by molar-refractivity contribution is 0.0781. The lowest BCUT2D eigenvalue weighted by Crippen LogP contribution is -2.16. The summed E-state index contributed by atoms with van der Waals surface area (Å²) in [7, 11) is -1.66. The second kappa shape index (κ2) is 8.79. The van der Waals surface area contributed by atoms with E-state index in [4.69, 9.17) is 14.2 Å². The van der Waals surface area contributed by atoms with Gasteiger partial charge in [-0.1, -0.05) is 0 Å². The Morgan fingerprint density at radius 2 is 1.90 bits per heavy atom. The molecule has 0 saturated heterocycles. The summed E-state index contributed by atoms with van der Waals surface area (Å²) in [6.45, 7) is 0.944. The van der Waals surface area contributed by atoms with Crippen molar-refractivity contribution >= 4 is 27.3 Å². The topological polar surface area (TPSA) is 128 Å². The van der Waals surface area contributed by atoms with Gasteiger partial charge in [-0.3, -0.25) is 0 Å². The van der Waals surface area contributed by atoms with Crippen LogP contribution in [0.4, 0.5) is 14.7 Å². The minimum absolute atomic E-state index is 0.0788. The van der Waals surface area contributed by atoms with Crippen LogP contribution in [-0.4, -0.2) is 55.6 Å². The molecule has 0 aliphatic heterocycles. The van der Waals surface area contributed by atoms with Gasteiger partial charge in [0.05, 0.1) is 19.9 Å².